The van der Waals surface area contributed by atoms with Crippen molar-refractivity contribution in [1.29, 1.82) is 0 Å². The summed E-state index contributed by atoms with van der Waals surface area (Å²) in [6.07, 6.45) is 4.12. The average molecular weight is 323 g/mol. The predicted octanol–water partition coefficient (Wildman–Crippen LogP) is -0.630. The first-order valence-corrected chi connectivity index (χ1v) is 8.47. The monoisotopic (exact) mass is 322 g/mol. The zero-order valence-corrected chi connectivity index (χ0v) is 12.2. The number of thioether (sulfide) groups is 2. The standard InChI is InChI=1S/C7H8ClS3.ClHO4/c1-9-6-3-5(8)4-7(10-2)11-6;2-1(3,4)5/h3-4H,1-2H3;(H,2,3,4,5)/q+1;/p-1. The fourth-order valence-electron chi connectivity index (χ4n) is 0.626. The van der Waals surface area contributed by atoms with Crippen LogP contribution < -0.4 is 18.6 Å². The molecule has 1 heterocycles. The maximum Gasteiger partial charge on any atom is 0.266 e. The number of halogens is 2. The summed E-state index contributed by atoms with van der Waals surface area (Å²) in [6, 6.07) is 3.99. The van der Waals surface area contributed by atoms with Crippen molar-refractivity contribution in [2.24, 2.45) is 0 Å². The Balaban J connectivity index is 0.000000385. The Morgan fingerprint density at radius 3 is 1.62 bits per heavy atom. The van der Waals surface area contributed by atoms with Gasteiger partial charge in [-0.1, -0.05) is 35.1 Å². The topological polar surface area (TPSA) is 92.2 Å². The number of hydrogen-bond donors (Lipinski definition) is 0. The van der Waals surface area contributed by atoms with Gasteiger partial charge in [0.15, 0.2) is 0 Å². The van der Waals surface area contributed by atoms with Gasteiger partial charge in [0.1, 0.15) is 0 Å². The molecule has 0 aliphatic rings. The fraction of sp³-hybridized carbons (Fsp3) is 0.286. The molecule has 0 fully saturated rings. The molecule has 1 aromatic heterocycles. The first-order chi connectivity index (χ1) is 7.26. The SMILES string of the molecule is CSc1cc(Cl)cc(SC)[s+]1.[O-][Cl+3]([O-])([O-])[O-]. The highest BCUT2D eigenvalue weighted by Gasteiger charge is 2.11. The molecule has 0 radical (unpaired) electrons. The molecule has 0 amide bonds. The van der Waals surface area contributed by atoms with Crippen molar-refractivity contribution >= 4 is 46.5 Å². The smallest absolute Gasteiger partial charge is 0.222 e. The summed E-state index contributed by atoms with van der Waals surface area (Å²) in [5, 5.41) is 0.831. The molecule has 0 N–H and O–H groups in total. The fourth-order valence-corrected chi connectivity index (χ4v) is 3.53. The van der Waals surface area contributed by atoms with Gasteiger partial charge in [-0.2, -0.15) is 0 Å². The predicted molar refractivity (Wildman–Crippen MR) is 57.3 cm³/mol. The van der Waals surface area contributed by atoms with E-state index in [1.54, 1.807) is 34.9 Å². The summed E-state index contributed by atoms with van der Waals surface area (Å²) in [5.74, 6) is 0. The van der Waals surface area contributed by atoms with Gasteiger partial charge < -0.3 is 0 Å². The van der Waals surface area contributed by atoms with E-state index in [1.807, 2.05) is 12.1 Å². The summed E-state index contributed by atoms with van der Waals surface area (Å²) in [4.78, 5) is 0. The van der Waals surface area contributed by atoms with Crippen molar-refractivity contribution in [3.63, 3.8) is 0 Å². The lowest BCUT2D eigenvalue weighted by molar-refractivity contribution is -2.00. The van der Waals surface area contributed by atoms with E-state index in [1.165, 1.54) is 8.42 Å². The molecule has 1 rings (SSSR count). The van der Waals surface area contributed by atoms with Gasteiger partial charge in [0.25, 0.3) is 8.42 Å². The third-order valence-electron chi connectivity index (χ3n) is 1.12. The molecule has 0 bridgehead atoms. The van der Waals surface area contributed by atoms with Gasteiger partial charge in [-0.15, -0.1) is 10.2 Å². The molecule has 0 unspecified atom stereocenters. The minimum Gasteiger partial charge on any atom is -0.222 e. The summed E-state index contributed by atoms with van der Waals surface area (Å²) in [7, 11) is -4.94. The lowest BCUT2D eigenvalue weighted by Crippen LogP contribution is -2.68. The Hall–Kier alpha value is 0.690. The van der Waals surface area contributed by atoms with E-state index in [9.17, 15) is 0 Å². The Morgan fingerprint density at radius 1 is 1.06 bits per heavy atom. The summed E-state index contributed by atoms with van der Waals surface area (Å²) in [5.41, 5.74) is 0. The van der Waals surface area contributed by atoms with Crippen LogP contribution >= 0.6 is 46.5 Å². The Kier molecular flexibility index (Phi) is 8.25. The minimum atomic E-state index is -4.94. The van der Waals surface area contributed by atoms with Gasteiger partial charge in [0.2, 0.25) is 11.3 Å². The van der Waals surface area contributed by atoms with Crippen molar-refractivity contribution in [1.82, 2.24) is 0 Å². The third kappa shape index (κ3) is 9.88. The number of hydrogen-bond acceptors (Lipinski definition) is 6. The Morgan fingerprint density at radius 2 is 1.38 bits per heavy atom. The third-order valence-corrected chi connectivity index (χ3v) is 4.51. The Bertz CT molecular complexity index is 304. The zero-order chi connectivity index (χ0) is 12.8. The highest BCUT2D eigenvalue weighted by Crippen LogP contribution is 2.32. The molecule has 1 aromatic rings. The second-order valence-corrected chi connectivity index (χ2v) is 6.69. The number of rotatable bonds is 2. The summed E-state index contributed by atoms with van der Waals surface area (Å²) >= 11 is 11.1. The molecule has 9 heteroatoms. The van der Waals surface area contributed by atoms with Crippen LogP contribution in [0.2, 0.25) is 5.02 Å². The highest BCUT2D eigenvalue weighted by molar-refractivity contribution is 8.02. The van der Waals surface area contributed by atoms with Crippen LogP contribution in [0.1, 0.15) is 0 Å². The van der Waals surface area contributed by atoms with Gasteiger partial charge in [0.05, 0.1) is 5.02 Å². The van der Waals surface area contributed by atoms with Crippen LogP contribution in [-0.4, -0.2) is 12.5 Å². The van der Waals surface area contributed by atoms with Crippen molar-refractivity contribution < 1.29 is 28.9 Å². The quantitative estimate of drug-likeness (QED) is 0.531. The second kappa shape index (κ2) is 7.91. The van der Waals surface area contributed by atoms with Gasteiger partial charge in [-0.05, 0) is 12.5 Å². The van der Waals surface area contributed by atoms with Gasteiger partial charge in [0, 0.05) is 12.1 Å². The second-order valence-electron chi connectivity index (χ2n) is 2.20. The molecule has 0 spiro atoms. The molecular weight excluding hydrogens is 315 g/mol. The van der Waals surface area contributed by atoms with Crippen LogP contribution in [0.15, 0.2) is 20.6 Å². The maximum absolute atomic E-state index is 8.49. The lowest BCUT2D eigenvalue weighted by atomic mass is 10.6. The highest BCUT2D eigenvalue weighted by atomic mass is 35.7. The molecular formula is C7H8Cl2O4S3. The van der Waals surface area contributed by atoms with Gasteiger partial charge in [-0.3, -0.25) is 0 Å². The van der Waals surface area contributed by atoms with Crippen LogP contribution in [0, 0.1) is 10.2 Å². The molecule has 92 valence electrons. The molecule has 0 saturated heterocycles. The van der Waals surface area contributed by atoms with Crippen molar-refractivity contribution in [2.75, 3.05) is 12.5 Å². The summed E-state index contributed by atoms with van der Waals surface area (Å²) in [6.45, 7) is 0. The first kappa shape index (κ1) is 16.7. The molecule has 16 heavy (non-hydrogen) atoms. The van der Waals surface area contributed by atoms with Crippen LogP contribution in [0.4, 0.5) is 0 Å². The van der Waals surface area contributed by atoms with E-state index in [2.05, 4.69) is 12.5 Å². The molecule has 0 saturated carbocycles. The molecule has 0 atom stereocenters. The van der Waals surface area contributed by atoms with Crippen molar-refractivity contribution in [3.8, 4) is 0 Å². The van der Waals surface area contributed by atoms with Gasteiger partial charge in [-0.25, -0.2) is 18.6 Å². The van der Waals surface area contributed by atoms with Crippen LogP contribution in [0.3, 0.4) is 0 Å². The normalized spacial score (nSPS) is 10.7. The van der Waals surface area contributed by atoms with E-state index in [4.69, 9.17) is 30.2 Å². The van der Waals surface area contributed by atoms with E-state index in [-0.39, 0.29) is 0 Å². The van der Waals surface area contributed by atoms with E-state index >= 15 is 0 Å². The van der Waals surface area contributed by atoms with Crippen molar-refractivity contribution in [3.05, 3.63) is 17.2 Å². The minimum absolute atomic E-state index is 0.831. The molecule has 0 aliphatic heterocycles. The van der Waals surface area contributed by atoms with Crippen LogP contribution in [-0.2, 0) is 0 Å². The van der Waals surface area contributed by atoms with Gasteiger partial charge >= 0.3 is 0 Å². The lowest BCUT2D eigenvalue weighted by Gasteiger charge is -2.17. The average Bonchev–Trinajstić information content (AvgIpc) is 2.14. The van der Waals surface area contributed by atoms with Crippen molar-refractivity contribution in [2.45, 2.75) is 8.42 Å². The van der Waals surface area contributed by atoms with Crippen LogP contribution in [0.25, 0.3) is 0 Å². The summed E-state index contributed by atoms with van der Waals surface area (Å²) < 4.78 is 36.5. The Labute approximate surface area is 113 Å². The van der Waals surface area contributed by atoms with Crippen LogP contribution in [0.5, 0.6) is 0 Å². The molecule has 0 aromatic carbocycles. The maximum atomic E-state index is 8.49. The zero-order valence-electron chi connectivity index (χ0n) is 8.27. The molecule has 4 nitrogen and oxygen atoms in total. The van der Waals surface area contributed by atoms with E-state index < -0.39 is 10.2 Å². The molecule has 0 aliphatic carbocycles. The largest absolute Gasteiger partial charge is 0.266 e. The van der Waals surface area contributed by atoms with E-state index in [0.29, 0.717) is 0 Å². The van der Waals surface area contributed by atoms with E-state index in [0.717, 1.165) is 5.02 Å². The first-order valence-electron chi connectivity index (χ1n) is 3.59.